The minimum absolute atomic E-state index is 0.0879. The molecule has 0 aromatic carbocycles. The van der Waals surface area contributed by atoms with Gasteiger partial charge in [-0.1, -0.05) is 18.9 Å². The lowest BCUT2D eigenvalue weighted by atomic mass is 10.2. The van der Waals surface area contributed by atoms with E-state index in [2.05, 4.69) is 0 Å². The zero-order chi connectivity index (χ0) is 22.5. The van der Waals surface area contributed by atoms with Gasteiger partial charge in [0.05, 0.1) is 4.88 Å². The van der Waals surface area contributed by atoms with Crippen molar-refractivity contribution in [1.29, 1.82) is 0 Å². The van der Waals surface area contributed by atoms with Gasteiger partial charge >= 0.3 is 0 Å². The molecular formula is C20H28N2O5S4. The van der Waals surface area contributed by atoms with E-state index in [4.69, 9.17) is 0 Å². The molecule has 2 fully saturated rings. The molecule has 7 nitrogen and oxygen atoms in total. The second-order valence-corrected chi connectivity index (χ2v) is 13.9. The van der Waals surface area contributed by atoms with Crippen molar-refractivity contribution < 1.29 is 21.6 Å². The summed E-state index contributed by atoms with van der Waals surface area (Å²) in [7, 11) is -6.54. The minimum Gasteiger partial charge on any atom is -0.294 e. The summed E-state index contributed by atoms with van der Waals surface area (Å²) in [5, 5.41) is 1.80. The summed E-state index contributed by atoms with van der Waals surface area (Å²) >= 11 is 2.36. The molecule has 4 rings (SSSR count). The molecule has 0 unspecified atom stereocenters. The van der Waals surface area contributed by atoms with Crippen LogP contribution in [0.3, 0.4) is 0 Å². The fraction of sp³-hybridized carbons (Fsp3) is 0.550. The average Bonchev–Trinajstić information content (AvgIpc) is 3.48. The molecule has 2 saturated heterocycles. The molecule has 0 aliphatic carbocycles. The summed E-state index contributed by atoms with van der Waals surface area (Å²) in [6.45, 7) is 3.99. The van der Waals surface area contributed by atoms with Crippen LogP contribution in [-0.2, 0) is 20.0 Å². The number of carbonyl (C=O) groups excluding carboxylic acids is 1. The van der Waals surface area contributed by atoms with Crippen molar-refractivity contribution in [1.82, 2.24) is 8.61 Å². The second-order valence-electron chi connectivity index (χ2n) is 7.54. The van der Waals surface area contributed by atoms with Gasteiger partial charge in [0.2, 0.25) is 0 Å². The monoisotopic (exact) mass is 504 g/mol. The van der Waals surface area contributed by atoms with Crippen molar-refractivity contribution in [2.45, 2.75) is 53.9 Å². The highest BCUT2D eigenvalue weighted by molar-refractivity contribution is 7.91. The largest absolute Gasteiger partial charge is 0.294 e. The van der Waals surface area contributed by atoms with Crippen molar-refractivity contribution in [2.24, 2.45) is 0 Å². The van der Waals surface area contributed by atoms with E-state index in [9.17, 15) is 21.6 Å². The fourth-order valence-electron chi connectivity index (χ4n) is 3.52. The molecule has 172 valence electrons. The fourth-order valence-corrected chi connectivity index (χ4v) is 9.06. The van der Waals surface area contributed by atoms with Gasteiger partial charge in [-0.15, -0.1) is 22.7 Å². The number of Topliss-reactive ketones (excluding diaryl/α,β-unsaturated/α-hetero) is 1. The topological polar surface area (TPSA) is 91.8 Å². The number of thiophene rings is 2. The van der Waals surface area contributed by atoms with Crippen LogP contribution in [0.1, 0.15) is 55.1 Å². The number of hydrogen-bond acceptors (Lipinski definition) is 7. The molecule has 2 aromatic rings. The van der Waals surface area contributed by atoms with E-state index in [1.54, 1.807) is 27.9 Å². The van der Waals surface area contributed by atoms with Crippen LogP contribution in [0, 0.1) is 0 Å². The molecule has 0 spiro atoms. The molecule has 0 saturated carbocycles. The SMILES string of the molecule is CC(=O)c1ccc(S(=O)(=O)N2CCCCC2)s1.O=S(=O)(c1cccs1)N1CCCCC1. The van der Waals surface area contributed by atoms with Gasteiger partial charge in [-0.25, -0.2) is 16.8 Å². The van der Waals surface area contributed by atoms with Gasteiger partial charge in [0.25, 0.3) is 20.0 Å². The van der Waals surface area contributed by atoms with Gasteiger partial charge in [0.1, 0.15) is 8.42 Å². The summed E-state index contributed by atoms with van der Waals surface area (Å²) in [5.41, 5.74) is 0. The van der Waals surface area contributed by atoms with Crippen LogP contribution in [0.15, 0.2) is 38.1 Å². The Morgan fingerprint density at radius 1 is 0.774 bits per heavy atom. The Hall–Kier alpha value is -1.11. The Kier molecular flexibility index (Phi) is 8.44. The maximum absolute atomic E-state index is 12.2. The highest BCUT2D eigenvalue weighted by atomic mass is 32.3. The molecule has 2 aliphatic rings. The first-order chi connectivity index (χ1) is 14.7. The molecule has 0 radical (unpaired) electrons. The number of hydrogen-bond donors (Lipinski definition) is 0. The van der Waals surface area contributed by atoms with E-state index in [0.717, 1.165) is 49.9 Å². The highest BCUT2D eigenvalue weighted by Crippen LogP contribution is 2.27. The summed E-state index contributed by atoms with van der Waals surface area (Å²) < 4.78 is 52.3. The van der Waals surface area contributed by atoms with Crippen LogP contribution < -0.4 is 0 Å². The van der Waals surface area contributed by atoms with E-state index < -0.39 is 20.0 Å². The first-order valence-corrected chi connectivity index (χ1v) is 14.9. The third-order valence-corrected chi connectivity index (χ3v) is 12.1. The highest BCUT2D eigenvalue weighted by Gasteiger charge is 2.28. The molecule has 11 heteroatoms. The molecule has 4 heterocycles. The molecule has 31 heavy (non-hydrogen) atoms. The average molecular weight is 505 g/mol. The molecule has 0 amide bonds. The lowest BCUT2D eigenvalue weighted by molar-refractivity contribution is 0.102. The summed E-state index contributed by atoms with van der Waals surface area (Å²) in [6, 6.07) is 6.57. The van der Waals surface area contributed by atoms with E-state index in [-0.39, 0.29) is 9.99 Å². The number of piperidine rings is 2. The van der Waals surface area contributed by atoms with E-state index in [1.165, 1.54) is 28.6 Å². The van der Waals surface area contributed by atoms with Crippen LogP contribution in [0.2, 0.25) is 0 Å². The van der Waals surface area contributed by atoms with E-state index in [0.29, 0.717) is 35.3 Å². The van der Waals surface area contributed by atoms with Crippen molar-refractivity contribution in [3.8, 4) is 0 Å². The van der Waals surface area contributed by atoms with Crippen molar-refractivity contribution >= 4 is 48.5 Å². The Morgan fingerprint density at radius 2 is 1.29 bits per heavy atom. The molecule has 2 aromatic heterocycles. The van der Waals surface area contributed by atoms with Crippen molar-refractivity contribution in [2.75, 3.05) is 26.2 Å². The first kappa shape index (κ1) is 24.5. The second kappa shape index (κ2) is 10.7. The predicted molar refractivity (Wildman–Crippen MR) is 124 cm³/mol. The van der Waals surface area contributed by atoms with Crippen LogP contribution in [-0.4, -0.2) is 57.4 Å². The number of ketones is 1. The number of nitrogens with zero attached hydrogens (tertiary/aromatic N) is 2. The molecule has 2 aliphatic heterocycles. The van der Waals surface area contributed by atoms with Crippen LogP contribution >= 0.6 is 22.7 Å². The summed E-state index contributed by atoms with van der Waals surface area (Å²) in [5.74, 6) is -0.0879. The van der Waals surface area contributed by atoms with Crippen LogP contribution in [0.4, 0.5) is 0 Å². The standard InChI is InChI=1S/C11H15NO3S2.C9H13NO2S2/c1-9(13)10-5-6-11(16-10)17(14,15)12-7-3-2-4-8-12;11-14(12,9-5-4-8-13-9)10-6-2-1-3-7-10/h5-6H,2-4,7-8H2,1H3;4-5,8H,1-3,6-7H2. The zero-order valence-corrected chi connectivity index (χ0v) is 20.8. The first-order valence-electron chi connectivity index (χ1n) is 10.4. The van der Waals surface area contributed by atoms with Crippen molar-refractivity contribution in [3.05, 3.63) is 34.5 Å². The van der Waals surface area contributed by atoms with Crippen LogP contribution in [0.5, 0.6) is 0 Å². The third-order valence-electron chi connectivity index (χ3n) is 5.24. The van der Waals surface area contributed by atoms with Gasteiger partial charge in [-0.05, 0) is 56.2 Å². The molecule has 0 atom stereocenters. The lowest BCUT2D eigenvalue weighted by Crippen LogP contribution is -2.35. The van der Waals surface area contributed by atoms with Gasteiger partial charge in [-0.2, -0.15) is 8.61 Å². The Bertz CT molecular complexity index is 1060. The molecule has 0 bridgehead atoms. The number of carbonyl (C=O) groups is 1. The maximum atomic E-state index is 12.2. The predicted octanol–water partition coefficient (Wildman–Crippen LogP) is 4.05. The quantitative estimate of drug-likeness (QED) is 0.573. The Labute approximate surface area is 192 Å². The van der Waals surface area contributed by atoms with E-state index in [1.807, 2.05) is 0 Å². The van der Waals surface area contributed by atoms with Gasteiger partial charge in [-0.3, -0.25) is 4.79 Å². The van der Waals surface area contributed by atoms with Gasteiger partial charge < -0.3 is 0 Å². The van der Waals surface area contributed by atoms with Crippen LogP contribution in [0.25, 0.3) is 0 Å². The number of rotatable bonds is 5. The van der Waals surface area contributed by atoms with Gasteiger partial charge in [0, 0.05) is 26.2 Å². The van der Waals surface area contributed by atoms with E-state index >= 15 is 0 Å². The Morgan fingerprint density at radius 3 is 1.71 bits per heavy atom. The third kappa shape index (κ3) is 6.02. The summed E-state index contributed by atoms with van der Waals surface area (Å²) in [4.78, 5) is 11.7. The maximum Gasteiger partial charge on any atom is 0.252 e. The zero-order valence-electron chi connectivity index (χ0n) is 17.5. The van der Waals surface area contributed by atoms with Gasteiger partial charge in [0.15, 0.2) is 5.78 Å². The lowest BCUT2D eigenvalue weighted by Gasteiger charge is -2.25. The van der Waals surface area contributed by atoms with Crippen molar-refractivity contribution in [3.63, 3.8) is 0 Å². The summed E-state index contributed by atoms with van der Waals surface area (Å²) in [6.07, 6.45) is 6.06. The minimum atomic E-state index is -3.38. The number of sulfonamides is 2. The molecular weight excluding hydrogens is 476 g/mol. The smallest absolute Gasteiger partial charge is 0.252 e. The Balaban J connectivity index is 0.000000179. The molecule has 0 N–H and O–H groups in total. The normalized spacial score (nSPS) is 18.9.